The lowest BCUT2D eigenvalue weighted by atomic mass is 10.2. The van der Waals surface area contributed by atoms with Crippen LogP contribution in [0.4, 0.5) is 0 Å². The molecule has 0 saturated heterocycles. The van der Waals surface area contributed by atoms with Crippen molar-refractivity contribution in [2.75, 3.05) is 6.61 Å². The number of unbranched alkanes of at least 4 members (excludes halogenated alkanes) is 2. The van der Waals surface area contributed by atoms with Gasteiger partial charge in [0.2, 0.25) is 0 Å². The molecule has 1 aromatic rings. The molecule has 0 amide bonds. The van der Waals surface area contributed by atoms with Gasteiger partial charge in [-0.3, -0.25) is 14.1 Å². The average molecular weight is 375 g/mol. The molecule has 0 spiro atoms. The predicted octanol–water partition coefficient (Wildman–Crippen LogP) is 1.85. The smallest absolute Gasteiger partial charge is 0.322 e. The van der Waals surface area contributed by atoms with Crippen molar-refractivity contribution in [3.8, 4) is 0 Å². The number of benzene rings is 1. The first-order valence-corrected chi connectivity index (χ1v) is 9.29. The molecule has 1 unspecified atom stereocenters. The van der Waals surface area contributed by atoms with Crippen LogP contribution in [0, 0.1) is 0 Å². The van der Waals surface area contributed by atoms with Crippen LogP contribution in [-0.4, -0.2) is 42.7 Å². The van der Waals surface area contributed by atoms with Crippen molar-refractivity contribution in [3.63, 3.8) is 0 Å². The summed E-state index contributed by atoms with van der Waals surface area (Å²) < 4.78 is 34.1. The monoisotopic (exact) mass is 375 g/mol. The van der Waals surface area contributed by atoms with Gasteiger partial charge in [0, 0.05) is 6.42 Å². The van der Waals surface area contributed by atoms with Crippen molar-refractivity contribution in [1.29, 1.82) is 0 Å². The van der Waals surface area contributed by atoms with E-state index in [0.29, 0.717) is 6.61 Å². The van der Waals surface area contributed by atoms with Crippen molar-refractivity contribution in [2.45, 2.75) is 50.0 Å². The molecule has 0 radical (unpaired) electrons. The zero-order valence-corrected chi connectivity index (χ0v) is 14.9. The summed E-state index contributed by atoms with van der Waals surface area (Å²) in [6, 6.07) is 6.61. The third kappa shape index (κ3) is 12.1. The fraction of sp³-hybridized carbons (Fsp3) is 0.500. The van der Waals surface area contributed by atoms with Crippen LogP contribution in [-0.2, 0) is 24.4 Å². The van der Waals surface area contributed by atoms with Crippen molar-refractivity contribution in [1.82, 2.24) is 0 Å². The normalized spacial score (nSPS) is 11.8. The summed E-state index contributed by atoms with van der Waals surface area (Å²) in [6.45, 7) is 2.42. The van der Waals surface area contributed by atoms with Crippen LogP contribution in [0.15, 0.2) is 35.2 Å². The van der Waals surface area contributed by atoms with Crippen molar-refractivity contribution < 1.29 is 32.4 Å². The van der Waals surface area contributed by atoms with Crippen molar-refractivity contribution in [2.24, 2.45) is 5.73 Å². The van der Waals surface area contributed by atoms with E-state index in [4.69, 9.17) is 20.1 Å². The second kappa shape index (κ2) is 12.4. The highest BCUT2D eigenvalue weighted by atomic mass is 32.2. The zero-order chi connectivity index (χ0) is 19.3. The summed E-state index contributed by atoms with van der Waals surface area (Å²) in [7, 11) is -4.00. The van der Waals surface area contributed by atoms with Crippen LogP contribution in [0.1, 0.15) is 39.0 Å². The van der Waals surface area contributed by atoms with Gasteiger partial charge in [-0.2, -0.15) is 8.42 Å². The first-order chi connectivity index (χ1) is 11.7. The van der Waals surface area contributed by atoms with Crippen LogP contribution in [0.3, 0.4) is 0 Å². The van der Waals surface area contributed by atoms with E-state index >= 15 is 0 Å². The number of aliphatic carboxylic acids is 1. The number of esters is 1. The van der Waals surface area contributed by atoms with E-state index < -0.39 is 28.1 Å². The van der Waals surface area contributed by atoms with Crippen LogP contribution in [0.25, 0.3) is 0 Å². The highest BCUT2D eigenvalue weighted by Crippen LogP contribution is 2.05. The predicted molar refractivity (Wildman–Crippen MR) is 91.6 cm³/mol. The van der Waals surface area contributed by atoms with E-state index in [1.54, 1.807) is 18.2 Å². The molecule has 9 heteroatoms. The van der Waals surface area contributed by atoms with E-state index in [1.165, 1.54) is 12.1 Å². The first kappa shape index (κ1) is 23.0. The highest BCUT2D eigenvalue weighted by Gasteiger charge is 2.15. The first-order valence-electron chi connectivity index (χ1n) is 7.85. The molecular weight excluding hydrogens is 350 g/mol. The Bertz CT molecular complexity index is 617. The van der Waals surface area contributed by atoms with Gasteiger partial charge in [0.05, 0.1) is 11.5 Å². The largest absolute Gasteiger partial charge is 0.481 e. The number of hydrogen-bond acceptors (Lipinski definition) is 6. The third-order valence-electron chi connectivity index (χ3n) is 3.01. The van der Waals surface area contributed by atoms with E-state index in [0.717, 1.165) is 19.3 Å². The minimum atomic E-state index is -4.00. The van der Waals surface area contributed by atoms with Gasteiger partial charge in [-0.05, 0) is 25.0 Å². The fourth-order valence-corrected chi connectivity index (χ4v) is 2.12. The molecule has 142 valence electrons. The van der Waals surface area contributed by atoms with Gasteiger partial charge >= 0.3 is 11.9 Å². The van der Waals surface area contributed by atoms with E-state index in [-0.39, 0.29) is 17.7 Å². The summed E-state index contributed by atoms with van der Waals surface area (Å²) in [5.41, 5.74) is 5.44. The number of hydrogen-bond donors (Lipinski definition) is 3. The lowest BCUT2D eigenvalue weighted by Crippen LogP contribution is -2.33. The maximum absolute atomic E-state index is 11.2. The number of rotatable bonds is 9. The summed E-state index contributed by atoms with van der Waals surface area (Å²) >= 11 is 0. The van der Waals surface area contributed by atoms with Crippen LogP contribution in [0.2, 0.25) is 0 Å². The Morgan fingerprint density at radius 2 is 1.80 bits per heavy atom. The number of carbonyl (C=O) groups excluding carboxylic acids is 1. The highest BCUT2D eigenvalue weighted by molar-refractivity contribution is 7.85. The molecule has 8 nitrogen and oxygen atoms in total. The SMILES string of the molecule is CCCCCOC(=O)C(N)CCC(=O)O.O=S(=O)(O)c1ccccc1. The maximum atomic E-state index is 11.2. The summed E-state index contributed by atoms with van der Waals surface area (Å²) in [5, 5.41) is 8.38. The van der Waals surface area contributed by atoms with Gasteiger partial charge < -0.3 is 15.6 Å². The number of carboxylic acid groups (broad SMARTS) is 1. The Balaban J connectivity index is 0.000000496. The molecule has 4 N–H and O–H groups in total. The molecule has 0 aromatic heterocycles. The molecule has 0 heterocycles. The van der Waals surface area contributed by atoms with Gasteiger partial charge in [0.15, 0.2) is 0 Å². The Morgan fingerprint density at radius 1 is 1.20 bits per heavy atom. The standard InChI is InChI=1S/C10H19NO4.C6H6O3S/c1-2-3-4-7-15-10(14)8(11)5-6-9(12)13;7-10(8,9)6-4-2-1-3-5-6/h8H,2-7,11H2,1H3,(H,12,13);1-5H,(H,7,8,9). The molecule has 25 heavy (non-hydrogen) atoms. The van der Waals surface area contributed by atoms with Gasteiger partial charge in [-0.15, -0.1) is 0 Å². The lowest BCUT2D eigenvalue weighted by molar-refractivity contribution is -0.145. The van der Waals surface area contributed by atoms with Gasteiger partial charge in [0.25, 0.3) is 10.1 Å². The third-order valence-corrected chi connectivity index (χ3v) is 3.87. The van der Waals surface area contributed by atoms with E-state index in [9.17, 15) is 18.0 Å². The van der Waals surface area contributed by atoms with Crippen molar-refractivity contribution >= 4 is 22.1 Å². The Morgan fingerprint density at radius 3 is 2.24 bits per heavy atom. The minimum absolute atomic E-state index is 0.0741. The molecule has 1 aromatic carbocycles. The molecule has 0 aliphatic rings. The van der Waals surface area contributed by atoms with Crippen LogP contribution >= 0.6 is 0 Å². The molecular formula is C16H25NO7S. The summed E-state index contributed by atoms with van der Waals surface area (Å²) in [6.07, 6.45) is 2.92. The number of carbonyl (C=O) groups is 2. The van der Waals surface area contributed by atoms with Gasteiger partial charge in [-0.25, -0.2) is 0 Å². The Hall–Kier alpha value is -1.97. The number of carboxylic acids is 1. The maximum Gasteiger partial charge on any atom is 0.322 e. The fourth-order valence-electron chi connectivity index (χ4n) is 1.62. The minimum Gasteiger partial charge on any atom is -0.481 e. The van der Waals surface area contributed by atoms with Crippen LogP contribution < -0.4 is 5.73 Å². The molecule has 0 fully saturated rings. The second-order valence-electron chi connectivity index (χ2n) is 5.20. The molecule has 0 aliphatic carbocycles. The molecule has 1 rings (SSSR count). The number of nitrogens with two attached hydrogens (primary N) is 1. The molecule has 0 aliphatic heterocycles. The van der Waals surface area contributed by atoms with Crippen LogP contribution in [0.5, 0.6) is 0 Å². The van der Waals surface area contributed by atoms with E-state index in [1.807, 2.05) is 0 Å². The van der Waals surface area contributed by atoms with Gasteiger partial charge in [0.1, 0.15) is 6.04 Å². The Kier molecular flexibility index (Phi) is 11.4. The molecule has 0 saturated carbocycles. The van der Waals surface area contributed by atoms with Gasteiger partial charge in [-0.1, -0.05) is 38.0 Å². The lowest BCUT2D eigenvalue weighted by Gasteiger charge is -2.09. The molecule has 1 atom stereocenters. The van der Waals surface area contributed by atoms with Crippen molar-refractivity contribution in [3.05, 3.63) is 30.3 Å². The van der Waals surface area contributed by atoms with E-state index in [2.05, 4.69) is 6.92 Å². The second-order valence-corrected chi connectivity index (χ2v) is 6.62. The summed E-state index contributed by atoms with van der Waals surface area (Å²) in [4.78, 5) is 21.3. The quantitative estimate of drug-likeness (QED) is 0.337. The topological polar surface area (TPSA) is 144 Å². The number of ether oxygens (including phenoxy) is 1. The average Bonchev–Trinajstić information content (AvgIpc) is 2.57. The molecule has 0 bridgehead atoms. The Labute approximate surface area is 147 Å². The summed E-state index contributed by atoms with van der Waals surface area (Å²) in [5.74, 6) is -1.46. The zero-order valence-electron chi connectivity index (χ0n) is 14.1.